The van der Waals surface area contributed by atoms with E-state index in [-0.39, 0.29) is 0 Å². The Hall–Kier alpha value is -0.930. The van der Waals surface area contributed by atoms with Crippen LogP contribution in [0.4, 0.5) is 0 Å². The highest BCUT2D eigenvalue weighted by Crippen LogP contribution is 2.27. The van der Waals surface area contributed by atoms with E-state index in [1.165, 1.54) is 9.71 Å². The fourth-order valence-electron chi connectivity index (χ4n) is 2.67. The Bertz CT molecular complexity index is 485. The van der Waals surface area contributed by atoms with Crippen LogP contribution < -0.4 is 5.32 Å². The third-order valence-corrected chi connectivity index (χ3v) is 4.83. The molecule has 0 aliphatic rings. The molecule has 0 amide bonds. The van der Waals surface area contributed by atoms with Crippen LogP contribution in [-0.4, -0.2) is 17.6 Å². The second-order valence-electron chi connectivity index (χ2n) is 5.53. The summed E-state index contributed by atoms with van der Waals surface area (Å²) in [7, 11) is 0. The predicted molar refractivity (Wildman–Crippen MR) is 84.8 cm³/mol. The molecule has 0 fully saturated rings. The van der Waals surface area contributed by atoms with E-state index in [9.17, 15) is 0 Å². The highest BCUT2D eigenvalue weighted by molar-refractivity contribution is 7.18. The number of nitrogens with zero attached hydrogens (tertiary/aromatic N) is 1. The van der Waals surface area contributed by atoms with E-state index in [1.54, 1.807) is 0 Å². The summed E-state index contributed by atoms with van der Waals surface area (Å²) in [5.74, 6) is 1.31. The minimum atomic E-state index is 0.539. The summed E-state index contributed by atoms with van der Waals surface area (Å²) in [5.41, 5.74) is 1.14. The van der Waals surface area contributed by atoms with Gasteiger partial charge in [-0.15, -0.1) is 11.3 Å². The van der Waals surface area contributed by atoms with Crippen molar-refractivity contribution >= 4 is 21.6 Å². The number of thiazole rings is 1. The van der Waals surface area contributed by atoms with Crippen LogP contribution in [0.5, 0.6) is 0 Å². The van der Waals surface area contributed by atoms with E-state index in [0.717, 1.165) is 18.5 Å². The molecule has 2 aromatic rings. The van der Waals surface area contributed by atoms with Gasteiger partial charge in [-0.3, -0.25) is 0 Å². The van der Waals surface area contributed by atoms with Crippen molar-refractivity contribution in [2.45, 2.75) is 40.2 Å². The van der Waals surface area contributed by atoms with Crippen molar-refractivity contribution in [3.05, 3.63) is 29.3 Å². The molecule has 1 heterocycles. The molecule has 0 aliphatic heterocycles. The van der Waals surface area contributed by atoms with Gasteiger partial charge >= 0.3 is 0 Å². The van der Waals surface area contributed by atoms with Gasteiger partial charge in [-0.2, -0.15) is 0 Å². The summed E-state index contributed by atoms with van der Waals surface area (Å²) in [4.78, 5) is 4.77. The summed E-state index contributed by atoms with van der Waals surface area (Å²) in [6.07, 6.45) is 1.07. The number of benzene rings is 1. The third kappa shape index (κ3) is 3.54. The third-order valence-electron chi connectivity index (χ3n) is 3.77. The maximum absolute atomic E-state index is 4.77. The smallest absolute Gasteiger partial charge is 0.0942 e. The molecule has 2 unspecified atom stereocenters. The lowest BCUT2D eigenvalue weighted by molar-refractivity contribution is 0.292. The van der Waals surface area contributed by atoms with Crippen LogP contribution in [0, 0.1) is 11.8 Å². The van der Waals surface area contributed by atoms with E-state index in [1.807, 2.05) is 11.3 Å². The van der Waals surface area contributed by atoms with Gasteiger partial charge in [-0.05, 0) is 37.4 Å². The molecule has 1 aromatic carbocycles. The summed E-state index contributed by atoms with van der Waals surface area (Å²) in [5, 5.41) is 4.83. The Morgan fingerprint density at radius 2 is 1.95 bits per heavy atom. The lowest BCUT2D eigenvalue weighted by atomic mass is 9.86. The van der Waals surface area contributed by atoms with Crippen LogP contribution in [0.15, 0.2) is 24.3 Å². The summed E-state index contributed by atoms with van der Waals surface area (Å²) in [6.45, 7) is 10.1. The van der Waals surface area contributed by atoms with Crippen molar-refractivity contribution in [2.75, 3.05) is 6.54 Å². The molecule has 19 heavy (non-hydrogen) atoms. The van der Waals surface area contributed by atoms with Gasteiger partial charge in [0.1, 0.15) is 0 Å². The first-order chi connectivity index (χ1) is 9.11. The normalized spacial score (nSPS) is 15.0. The van der Waals surface area contributed by atoms with Crippen molar-refractivity contribution in [1.29, 1.82) is 0 Å². The molecule has 3 heteroatoms. The van der Waals surface area contributed by atoms with Crippen LogP contribution >= 0.6 is 11.3 Å². The fraction of sp³-hybridized carbons (Fsp3) is 0.562. The zero-order chi connectivity index (χ0) is 13.8. The van der Waals surface area contributed by atoms with Crippen LogP contribution in [-0.2, 0) is 6.42 Å². The van der Waals surface area contributed by atoms with Gasteiger partial charge in [0.25, 0.3) is 0 Å². The lowest BCUT2D eigenvalue weighted by Crippen LogP contribution is -2.37. The molecule has 104 valence electrons. The summed E-state index contributed by atoms with van der Waals surface area (Å²) < 4.78 is 1.30. The average molecular weight is 276 g/mol. The van der Waals surface area contributed by atoms with Crippen LogP contribution in [0.2, 0.25) is 0 Å². The molecular formula is C16H24N2S. The van der Waals surface area contributed by atoms with Crippen molar-refractivity contribution in [2.24, 2.45) is 11.8 Å². The molecule has 1 N–H and O–H groups in total. The molecule has 0 radical (unpaired) electrons. The number of rotatable bonds is 6. The fourth-order valence-corrected chi connectivity index (χ4v) is 3.71. The van der Waals surface area contributed by atoms with Gasteiger partial charge in [-0.25, -0.2) is 4.98 Å². The molecular weight excluding hydrogens is 252 g/mol. The number of hydrogen-bond acceptors (Lipinski definition) is 3. The second-order valence-corrected chi connectivity index (χ2v) is 6.65. The van der Waals surface area contributed by atoms with Gasteiger partial charge in [0.15, 0.2) is 0 Å². The maximum Gasteiger partial charge on any atom is 0.0942 e. The van der Waals surface area contributed by atoms with Gasteiger partial charge in [0.05, 0.1) is 15.2 Å². The zero-order valence-corrected chi connectivity index (χ0v) is 13.1. The molecule has 2 nitrogen and oxygen atoms in total. The first kappa shape index (κ1) is 14.5. The number of nitrogens with one attached hydrogen (secondary N) is 1. The lowest BCUT2D eigenvalue weighted by Gasteiger charge is -2.27. The summed E-state index contributed by atoms with van der Waals surface area (Å²) in [6, 6.07) is 8.96. The van der Waals surface area contributed by atoms with Crippen LogP contribution in [0.1, 0.15) is 32.7 Å². The molecule has 1 aromatic heterocycles. The van der Waals surface area contributed by atoms with Crippen molar-refractivity contribution < 1.29 is 0 Å². The number of aromatic nitrogens is 1. The Morgan fingerprint density at radius 3 is 2.58 bits per heavy atom. The Balaban J connectivity index is 2.16. The highest BCUT2D eigenvalue weighted by Gasteiger charge is 2.22. The summed E-state index contributed by atoms with van der Waals surface area (Å²) >= 11 is 1.84. The van der Waals surface area contributed by atoms with Crippen molar-refractivity contribution in [1.82, 2.24) is 10.3 Å². The van der Waals surface area contributed by atoms with E-state index in [2.05, 4.69) is 57.3 Å². The molecule has 0 saturated carbocycles. The molecule has 0 spiro atoms. The number of fused-ring (bicyclic) bond motifs is 1. The van der Waals surface area contributed by atoms with Crippen LogP contribution in [0.25, 0.3) is 10.2 Å². The predicted octanol–water partition coefficient (Wildman–Crippen LogP) is 4.11. The first-order valence-electron chi connectivity index (χ1n) is 7.19. The number of para-hydroxylation sites is 1. The van der Waals surface area contributed by atoms with Gasteiger partial charge in [-0.1, -0.05) is 32.9 Å². The van der Waals surface area contributed by atoms with Crippen molar-refractivity contribution in [3.8, 4) is 0 Å². The minimum Gasteiger partial charge on any atom is -0.314 e. The monoisotopic (exact) mass is 276 g/mol. The van der Waals surface area contributed by atoms with E-state index >= 15 is 0 Å². The quantitative estimate of drug-likeness (QED) is 0.859. The molecule has 0 bridgehead atoms. The SMILES string of the molecule is CCNC(C)C(Cc1nc2ccccc2s1)C(C)C. The Morgan fingerprint density at radius 1 is 1.21 bits per heavy atom. The van der Waals surface area contributed by atoms with Crippen molar-refractivity contribution in [3.63, 3.8) is 0 Å². The first-order valence-corrected chi connectivity index (χ1v) is 8.01. The van der Waals surface area contributed by atoms with Crippen LogP contribution in [0.3, 0.4) is 0 Å². The van der Waals surface area contributed by atoms with Gasteiger partial charge in [0.2, 0.25) is 0 Å². The minimum absolute atomic E-state index is 0.539. The standard InChI is InChI=1S/C16H24N2S/c1-5-17-12(4)13(11(2)3)10-16-18-14-8-6-7-9-15(14)19-16/h6-9,11-13,17H,5,10H2,1-4H3. The average Bonchev–Trinajstić information content (AvgIpc) is 2.78. The van der Waals surface area contributed by atoms with Gasteiger partial charge in [0, 0.05) is 12.5 Å². The Labute approximate surface area is 120 Å². The Kier molecular flexibility index (Phi) is 4.94. The molecule has 2 atom stereocenters. The van der Waals surface area contributed by atoms with E-state index in [0.29, 0.717) is 17.9 Å². The maximum atomic E-state index is 4.77. The van der Waals surface area contributed by atoms with E-state index < -0.39 is 0 Å². The molecule has 2 rings (SSSR count). The van der Waals surface area contributed by atoms with Gasteiger partial charge < -0.3 is 5.32 Å². The molecule has 0 aliphatic carbocycles. The highest BCUT2D eigenvalue weighted by atomic mass is 32.1. The largest absolute Gasteiger partial charge is 0.314 e. The zero-order valence-electron chi connectivity index (χ0n) is 12.3. The topological polar surface area (TPSA) is 24.9 Å². The molecule has 0 saturated heterocycles. The van der Waals surface area contributed by atoms with E-state index in [4.69, 9.17) is 4.98 Å². The number of hydrogen-bond donors (Lipinski definition) is 1. The second kappa shape index (κ2) is 6.49.